The van der Waals surface area contributed by atoms with Crippen LogP contribution in [-0.4, -0.2) is 36.7 Å². The van der Waals surface area contributed by atoms with Crippen LogP contribution in [0.25, 0.3) is 6.08 Å². The smallest absolute Gasteiger partial charge is 0.333 e. The molecular weight excluding hydrogens is 296 g/mol. The van der Waals surface area contributed by atoms with Crippen molar-refractivity contribution < 1.29 is 18.8 Å². The highest BCUT2D eigenvalue weighted by molar-refractivity contribution is 6.07. The lowest BCUT2D eigenvalue weighted by molar-refractivity contribution is -0.122. The van der Waals surface area contributed by atoms with Crippen molar-refractivity contribution in [3.8, 4) is 0 Å². The fourth-order valence-electron chi connectivity index (χ4n) is 1.86. The van der Waals surface area contributed by atoms with Gasteiger partial charge in [0, 0.05) is 19.2 Å². The monoisotopic (exact) mass is 311 g/mol. The van der Waals surface area contributed by atoms with Crippen molar-refractivity contribution in [1.29, 1.82) is 0 Å². The SMILES string of the molecule is CN(C(=O)N(C[C]=O)C(=O)C=Cc1ccccc1)c1ccco1. The molecule has 2 rings (SSSR count). The summed E-state index contributed by atoms with van der Waals surface area (Å²) in [6, 6.07) is 11.7. The molecule has 3 amide bonds. The van der Waals surface area contributed by atoms with Gasteiger partial charge in [-0.05, 0) is 17.7 Å². The maximum atomic E-state index is 12.3. The molecule has 0 aliphatic carbocycles. The van der Waals surface area contributed by atoms with Gasteiger partial charge in [-0.3, -0.25) is 19.4 Å². The number of urea groups is 1. The highest BCUT2D eigenvalue weighted by Gasteiger charge is 2.24. The third kappa shape index (κ3) is 4.16. The van der Waals surface area contributed by atoms with Crippen LogP contribution in [0.2, 0.25) is 0 Å². The number of furan rings is 1. The molecule has 1 heterocycles. The van der Waals surface area contributed by atoms with Crippen LogP contribution < -0.4 is 4.90 Å². The Labute approximate surface area is 133 Å². The molecule has 6 heteroatoms. The van der Waals surface area contributed by atoms with E-state index in [4.69, 9.17) is 4.42 Å². The summed E-state index contributed by atoms with van der Waals surface area (Å²) >= 11 is 0. The Balaban J connectivity index is 2.13. The van der Waals surface area contributed by atoms with Crippen molar-refractivity contribution in [2.45, 2.75) is 0 Å². The van der Waals surface area contributed by atoms with E-state index in [9.17, 15) is 14.4 Å². The summed E-state index contributed by atoms with van der Waals surface area (Å²) in [5, 5.41) is 0. The lowest BCUT2D eigenvalue weighted by Crippen LogP contribution is -2.45. The number of carbonyl (C=O) groups is 2. The maximum Gasteiger partial charge on any atom is 0.333 e. The highest BCUT2D eigenvalue weighted by Crippen LogP contribution is 2.14. The van der Waals surface area contributed by atoms with Crippen molar-refractivity contribution in [2.75, 3.05) is 18.5 Å². The third-order valence-electron chi connectivity index (χ3n) is 3.06. The van der Waals surface area contributed by atoms with Gasteiger partial charge in [0.2, 0.25) is 12.2 Å². The predicted octanol–water partition coefficient (Wildman–Crippen LogP) is 2.49. The van der Waals surface area contributed by atoms with E-state index >= 15 is 0 Å². The summed E-state index contributed by atoms with van der Waals surface area (Å²) in [7, 11) is 1.45. The second-order valence-corrected chi connectivity index (χ2v) is 4.61. The van der Waals surface area contributed by atoms with Gasteiger partial charge in [0.1, 0.15) is 0 Å². The summed E-state index contributed by atoms with van der Waals surface area (Å²) < 4.78 is 5.10. The van der Waals surface area contributed by atoms with Crippen LogP contribution in [-0.2, 0) is 9.59 Å². The number of imide groups is 1. The van der Waals surface area contributed by atoms with Gasteiger partial charge in [0.25, 0.3) is 5.91 Å². The minimum absolute atomic E-state index is 0.269. The Bertz CT molecular complexity index is 693. The summed E-state index contributed by atoms with van der Waals surface area (Å²) in [4.78, 5) is 37.1. The fraction of sp³-hybridized carbons (Fsp3) is 0.118. The van der Waals surface area contributed by atoms with Crippen molar-refractivity contribution >= 4 is 30.2 Å². The van der Waals surface area contributed by atoms with Gasteiger partial charge < -0.3 is 4.42 Å². The molecule has 0 bridgehead atoms. The molecule has 0 saturated carbocycles. The Morgan fingerprint density at radius 3 is 2.52 bits per heavy atom. The van der Waals surface area contributed by atoms with Crippen molar-refractivity contribution in [1.82, 2.24) is 4.90 Å². The summed E-state index contributed by atoms with van der Waals surface area (Å²) in [6.45, 7) is -0.457. The second-order valence-electron chi connectivity index (χ2n) is 4.61. The number of hydrogen-bond acceptors (Lipinski definition) is 4. The Kier molecular flexibility index (Phi) is 5.46. The minimum Gasteiger partial charge on any atom is -0.448 e. The molecule has 0 aliphatic heterocycles. The molecule has 2 aromatic rings. The molecule has 0 aliphatic rings. The fourth-order valence-corrected chi connectivity index (χ4v) is 1.86. The average molecular weight is 311 g/mol. The molecule has 0 fully saturated rings. The number of amides is 3. The Hall–Kier alpha value is -3.15. The first-order valence-electron chi connectivity index (χ1n) is 6.84. The topological polar surface area (TPSA) is 70.8 Å². The number of carbonyl (C=O) groups excluding carboxylic acids is 3. The van der Waals surface area contributed by atoms with E-state index in [0.29, 0.717) is 0 Å². The standard InChI is InChI=1S/C17H15N2O4/c1-18(16-8-5-13-23-16)17(22)19(11-12-20)15(21)10-9-14-6-3-2-4-7-14/h2-10,13H,11H2,1H3. The van der Waals surface area contributed by atoms with Gasteiger partial charge in [0.05, 0.1) is 12.8 Å². The normalized spacial score (nSPS) is 10.5. The molecule has 0 unspecified atom stereocenters. The average Bonchev–Trinajstić information content (AvgIpc) is 3.11. The molecule has 0 atom stereocenters. The van der Waals surface area contributed by atoms with E-state index in [-0.39, 0.29) is 5.88 Å². The predicted molar refractivity (Wildman–Crippen MR) is 85.4 cm³/mol. The van der Waals surface area contributed by atoms with Crippen molar-refractivity contribution in [2.24, 2.45) is 0 Å². The minimum atomic E-state index is -0.675. The number of rotatable bonds is 5. The van der Waals surface area contributed by atoms with Crippen molar-refractivity contribution in [3.05, 3.63) is 60.4 Å². The first kappa shape index (κ1) is 16.2. The van der Waals surface area contributed by atoms with Gasteiger partial charge in [0.15, 0.2) is 0 Å². The Morgan fingerprint density at radius 1 is 1.17 bits per heavy atom. The molecule has 23 heavy (non-hydrogen) atoms. The molecule has 6 nitrogen and oxygen atoms in total. The number of anilines is 1. The lowest BCUT2D eigenvalue weighted by atomic mass is 10.2. The first-order chi connectivity index (χ1) is 11.1. The van der Waals surface area contributed by atoms with E-state index in [0.717, 1.165) is 15.4 Å². The maximum absolute atomic E-state index is 12.3. The van der Waals surface area contributed by atoms with Gasteiger partial charge >= 0.3 is 6.03 Å². The summed E-state index contributed by atoms with van der Waals surface area (Å²) in [6.07, 6.45) is 5.79. The van der Waals surface area contributed by atoms with E-state index in [1.54, 1.807) is 24.5 Å². The number of hydrogen-bond donors (Lipinski definition) is 0. The van der Waals surface area contributed by atoms with Crippen LogP contribution in [0.5, 0.6) is 0 Å². The van der Waals surface area contributed by atoms with E-state index < -0.39 is 18.5 Å². The summed E-state index contributed by atoms with van der Waals surface area (Å²) in [5.41, 5.74) is 0.808. The van der Waals surface area contributed by atoms with E-state index in [2.05, 4.69) is 0 Å². The molecule has 0 spiro atoms. The van der Waals surface area contributed by atoms with E-state index in [1.807, 2.05) is 30.3 Å². The molecule has 1 aromatic carbocycles. The quantitative estimate of drug-likeness (QED) is 0.795. The second kappa shape index (κ2) is 7.74. The molecular formula is C17H15N2O4. The van der Waals surface area contributed by atoms with Crippen LogP contribution in [0, 0.1) is 0 Å². The van der Waals surface area contributed by atoms with E-state index in [1.165, 1.54) is 19.4 Å². The zero-order chi connectivity index (χ0) is 16.7. The van der Waals surface area contributed by atoms with Crippen LogP contribution in [0.1, 0.15) is 5.56 Å². The largest absolute Gasteiger partial charge is 0.448 e. The molecule has 1 radical (unpaired) electrons. The number of benzene rings is 1. The number of nitrogens with zero attached hydrogens (tertiary/aromatic N) is 2. The summed E-state index contributed by atoms with van der Waals surface area (Å²) in [5.74, 6) is -0.341. The zero-order valence-electron chi connectivity index (χ0n) is 12.5. The van der Waals surface area contributed by atoms with Crippen LogP contribution in [0.15, 0.2) is 59.2 Å². The van der Waals surface area contributed by atoms with Crippen LogP contribution >= 0.6 is 0 Å². The van der Waals surface area contributed by atoms with Crippen LogP contribution in [0.4, 0.5) is 10.7 Å². The van der Waals surface area contributed by atoms with Gasteiger partial charge in [-0.2, -0.15) is 0 Å². The van der Waals surface area contributed by atoms with Gasteiger partial charge in [-0.15, -0.1) is 0 Å². The molecule has 1 aromatic heterocycles. The zero-order valence-corrected chi connectivity index (χ0v) is 12.5. The molecule has 0 saturated heterocycles. The Morgan fingerprint density at radius 2 is 1.91 bits per heavy atom. The third-order valence-corrected chi connectivity index (χ3v) is 3.06. The lowest BCUT2D eigenvalue weighted by Gasteiger charge is -2.22. The first-order valence-corrected chi connectivity index (χ1v) is 6.84. The molecule has 117 valence electrons. The molecule has 0 N–H and O–H groups in total. The van der Waals surface area contributed by atoms with Gasteiger partial charge in [-0.25, -0.2) is 4.79 Å². The van der Waals surface area contributed by atoms with Crippen molar-refractivity contribution in [3.63, 3.8) is 0 Å². The van der Waals surface area contributed by atoms with Gasteiger partial charge in [-0.1, -0.05) is 30.3 Å². The highest BCUT2D eigenvalue weighted by atomic mass is 16.3. The van der Waals surface area contributed by atoms with Crippen LogP contribution in [0.3, 0.4) is 0 Å².